The monoisotopic (exact) mass is 560 g/mol. The number of rotatable bonds is 14. The number of ether oxygens (including phenoxy) is 2. The lowest BCUT2D eigenvalue weighted by Crippen LogP contribution is -2.27. The Morgan fingerprint density at radius 2 is 0.974 bits per heavy atom. The largest absolute Gasteiger partial charge is 0.494 e. The summed E-state index contributed by atoms with van der Waals surface area (Å²) in [6.07, 6.45) is 1.81. The van der Waals surface area contributed by atoms with Crippen molar-refractivity contribution in [3.63, 3.8) is 0 Å². The zero-order chi connectivity index (χ0) is 27.7. The summed E-state index contributed by atoms with van der Waals surface area (Å²) in [6.45, 7) is 3.06. The molecule has 0 amide bonds. The minimum atomic E-state index is -0.580. The predicted octanol–water partition coefficient (Wildman–Crippen LogP) is 4.92. The Hall–Kier alpha value is -3.04. The van der Waals surface area contributed by atoms with Crippen LogP contribution in [-0.2, 0) is 9.59 Å². The molecule has 0 unspecified atom stereocenters. The van der Waals surface area contributed by atoms with E-state index in [1.54, 1.807) is 48.5 Å². The van der Waals surface area contributed by atoms with Crippen LogP contribution in [0.25, 0.3) is 0 Å². The number of nitrogens with one attached hydrogen (secondary N) is 2. The van der Waals surface area contributed by atoms with Gasteiger partial charge in [-0.3, -0.25) is 9.59 Å². The lowest BCUT2D eigenvalue weighted by Gasteiger charge is -2.20. The molecule has 0 atom stereocenters. The summed E-state index contributed by atoms with van der Waals surface area (Å²) in [4.78, 5) is 30.2. The number of anilines is 2. The fourth-order valence-corrected chi connectivity index (χ4v) is 4.02. The normalized spacial score (nSPS) is 14.0. The summed E-state index contributed by atoms with van der Waals surface area (Å²) in [5, 5.41) is 5.36. The molecule has 0 spiro atoms. The molecule has 38 heavy (non-hydrogen) atoms. The highest BCUT2D eigenvalue weighted by Gasteiger charge is 2.33. The Kier molecular flexibility index (Phi) is 11.0. The molecule has 0 saturated carbocycles. The van der Waals surface area contributed by atoms with Gasteiger partial charge in [0.2, 0.25) is 11.6 Å². The van der Waals surface area contributed by atoms with Gasteiger partial charge < -0.3 is 29.9 Å². The van der Waals surface area contributed by atoms with Crippen LogP contribution in [0.1, 0.15) is 12.8 Å². The second kappa shape index (κ2) is 14.2. The molecule has 1 aliphatic carbocycles. The molecule has 1 aliphatic rings. The van der Waals surface area contributed by atoms with Crippen LogP contribution >= 0.6 is 23.2 Å². The first-order valence-corrected chi connectivity index (χ1v) is 13.1. The highest BCUT2D eigenvalue weighted by molar-refractivity contribution is 6.56. The summed E-state index contributed by atoms with van der Waals surface area (Å²) in [6, 6.07) is 14.1. The van der Waals surface area contributed by atoms with E-state index in [1.807, 2.05) is 28.2 Å². The molecule has 0 heterocycles. The van der Waals surface area contributed by atoms with Gasteiger partial charge >= 0.3 is 0 Å². The molecule has 2 N–H and O–H groups in total. The van der Waals surface area contributed by atoms with E-state index in [9.17, 15) is 9.59 Å². The van der Waals surface area contributed by atoms with Crippen LogP contribution in [-0.4, -0.2) is 75.9 Å². The van der Waals surface area contributed by atoms with Gasteiger partial charge in [-0.15, -0.1) is 0 Å². The number of carbonyl (C=O) groups is 2. The van der Waals surface area contributed by atoms with Crippen molar-refractivity contribution in [3.8, 4) is 11.5 Å². The second-order valence-electron chi connectivity index (χ2n) is 9.35. The van der Waals surface area contributed by atoms with Crippen LogP contribution < -0.4 is 20.1 Å². The predicted molar refractivity (Wildman–Crippen MR) is 153 cm³/mol. The van der Waals surface area contributed by atoms with E-state index < -0.39 is 11.6 Å². The van der Waals surface area contributed by atoms with Crippen molar-refractivity contribution in [2.45, 2.75) is 12.8 Å². The van der Waals surface area contributed by atoms with Crippen molar-refractivity contribution in [1.29, 1.82) is 0 Å². The number of hydrogen-bond donors (Lipinski definition) is 2. The van der Waals surface area contributed by atoms with E-state index in [1.165, 1.54) is 0 Å². The lowest BCUT2D eigenvalue weighted by molar-refractivity contribution is -0.115. The van der Waals surface area contributed by atoms with Crippen molar-refractivity contribution < 1.29 is 19.1 Å². The summed E-state index contributed by atoms with van der Waals surface area (Å²) >= 11 is 12.7. The first-order chi connectivity index (χ1) is 18.2. The fourth-order valence-electron chi connectivity index (χ4n) is 3.57. The number of ketones is 2. The van der Waals surface area contributed by atoms with Crippen LogP contribution in [0.15, 0.2) is 70.0 Å². The van der Waals surface area contributed by atoms with Crippen molar-refractivity contribution in [2.24, 2.45) is 0 Å². The number of halogens is 2. The Labute approximate surface area is 234 Å². The number of nitrogens with zero attached hydrogens (tertiary/aromatic N) is 2. The minimum Gasteiger partial charge on any atom is -0.494 e. The molecular formula is C28H34Cl2N4O4. The van der Waals surface area contributed by atoms with Gasteiger partial charge in [-0.05, 0) is 89.6 Å². The van der Waals surface area contributed by atoms with Crippen molar-refractivity contribution in [1.82, 2.24) is 9.80 Å². The molecule has 8 nitrogen and oxygen atoms in total. The van der Waals surface area contributed by atoms with E-state index in [2.05, 4.69) is 20.4 Å². The molecule has 0 aromatic heterocycles. The third-order valence-electron chi connectivity index (χ3n) is 5.58. The molecule has 204 valence electrons. The summed E-state index contributed by atoms with van der Waals surface area (Å²) < 4.78 is 11.5. The zero-order valence-corrected chi connectivity index (χ0v) is 23.7. The molecular weight excluding hydrogens is 527 g/mol. The third kappa shape index (κ3) is 8.49. The average molecular weight is 562 g/mol. The number of Topliss-reactive ketones (excluding diaryl/α,β-unsaturated/α-hetero) is 2. The van der Waals surface area contributed by atoms with Gasteiger partial charge in [0, 0.05) is 24.5 Å². The standard InChI is InChI=1S/C28H34Cl2N4O4/c1-33(2)15-5-17-37-21-11-7-19(8-12-21)31-25-23(29)28(36)26(24(30)27(25)35)32-20-9-13-22(14-10-20)38-18-6-16-34(3)4/h7-14,31-32H,5-6,15-18H2,1-4H3. The average Bonchev–Trinajstić information content (AvgIpc) is 2.90. The highest BCUT2D eigenvalue weighted by Crippen LogP contribution is 2.31. The Bertz CT molecular complexity index is 1080. The molecule has 0 fully saturated rings. The highest BCUT2D eigenvalue weighted by atomic mass is 35.5. The molecule has 0 saturated heterocycles. The fraction of sp³-hybridized carbons (Fsp3) is 0.357. The number of benzene rings is 2. The van der Waals surface area contributed by atoms with Crippen molar-refractivity contribution >= 4 is 46.1 Å². The van der Waals surface area contributed by atoms with Gasteiger partial charge in [0.25, 0.3) is 0 Å². The molecule has 0 aliphatic heterocycles. The lowest BCUT2D eigenvalue weighted by atomic mass is 10.0. The van der Waals surface area contributed by atoms with Gasteiger partial charge in [-0.2, -0.15) is 0 Å². The Morgan fingerprint density at radius 3 is 1.29 bits per heavy atom. The SMILES string of the molecule is CN(C)CCCOc1ccc(NC2=C(Cl)C(=O)C(Nc3ccc(OCCCN(C)C)cc3)=C(Cl)C2=O)cc1. The molecule has 3 rings (SSSR count). The van der Waals surface area contributed by atoms with Crippen molar-refractivity contribution in [3.05, 3.63) is 70.0 Å². The molecule has 10 heteroatoms. The second-order valence-corrected chi connectivity index (χ2v) is 10.1. The van der Waals surface area contributed by atoms with Crippen LogP contribution in [0.2, 0.25) is 0 Å². The number of allylic oxidation sites excluding steroid dienone is 2. The Balaban J connectivity index is 1.60. The van der Waals surface area contributed by atoms with Crippen LogP contribution in [0.4, 0.5) is 11.4 Å². The summed E-state index contributed by atoms with van der Waals surface area (Å²) in [5.74, 6) is 0.247. The summed E-state index contributed by atoms with van der Waals surface area (Å²) in [5.41, 5.74) is 0.991. The quantitative estimate of drug-likeness (QED) is 0.249. The molecule has 2 aromatic rings. The topological polar surface area (TPSA) is 83.1 Å². The van der Waals surface area contributed by atoms with Gasteiger partial charge in [-0.1, -0.05) is 23.2 Å². The molecule has 0 bridgehead atoms. The zero-order valence-electron chi connectivity index (χ0n) is 22.1. The van der Waals surface area contributed by atoms with Gasteiger partial charge in [-0.25, -0.2) is 0 Å². The maximum atomic E-state index is 13.0. The van der Waals surface area contributed by atoms with Crippen molar-refractivity contribution in [2.75, 3.05) is 65.1 Å². The summed E-state index contributed by atoms with van der Waals surface area (Å²) in [7, 11) is 8.06. The van der Waals surface area contributed by atoms with E-state index in [4.69, 9.17) is 32.7 Å². The van der Waals surface area contributed by atoms with Crippen LogP contribution in [0.3, 0.4) is 0 Å². The van der Waals surface area contributed by atoms with Gasteiger partial charge in [0.15, 0.2) is 0 Å². The van der Waals surface area contributed by atoms with E-state index >= 15 is 0 Å². The van der Waals surface area contributed by atoms with Crippen LogP contribution in [0.5, 0.6) is 11.5 Å². The number of carbonyl (C=O) groups excluding carboxylic acids is 2. The van der Waals surface area contributed by atoms with E-state index in [0.29, 0.717) is 36.1 Å². The maximum Gasteiger partial charge on any atom is 0.224 e. The van der Waals surface area contributed by atoms with E-state index in [-0.39, 0.29) is 21.5 Å². The van der Waals surface area contributed by atoms with Gasteiger partial charge in [0.1, 0.15) is 33.0 Å². The van der Waals surface area contributed by atoms with Crippen LogP contribution in [0, 0.1) is 0 Å². The van der Waals surface area contributed by atoms with E-state index in [0.717, 1.165) is 25.9 Å². The smallest absolute Gasteiger partial charge is 0.224 e. The third-order valence-corrected chi connectivity index (χ3v) is 6.30. The van der Waals surface area contributed by atoms with Gasteiger partial charge in [0.05, 0.1) is 13.2 Å². The number of hydrogen-bond acceptors (Lipinski definition) is 8. The molecule has 2 aromatic carbocycles. The Morgan fingerprint density at radius 1 is 0.632 bits per heavy atom. The maximum absolute atomic E-state index is 13.0. The first-order valence-electron chi connectivity index (χ1n) is 12.3. The minimum absolute atomic E-state index is 0.0756. The first kappa shape index (κ1) is 29.5. The molecule has 0 radical (unpaired) electrons.